The second kappa shape index (κ2) is 9.03. The monoisotopic (exact) mass is 341 g/mol. The Bertz CT molecular complexity index is 596. The van der Waals surface area contributed by atoms with Gasteiger partial charge in [-0.1, -0.05) is 43.7 Å². The molecule has 1 atom stereocenters. The van der Waals surface area contributed by atoms with Gasteiger partial charge in [-0.2, -0.15) is 0 Å². The van der Waals surface area contributed by atoms with E-state index in [0.29, 0.717) is 6.54 Å². The first-order valence-electron chi connectivity index (χ1n) is 7.99. The molecule has 0 heterocycles. The third kappa shape index (κ3) is 7.14. The largest absolute Gasteiger partial charge is 0.480 e. The Morgan fingerprint density at radius 3 is 2.30 bits per heavy atom. The second-order valence-corrected chi connectivity index (χ2v) is 8.05. The van der Waals surface area contributed by atoms with Gasteiger partial charge in [-0.3, -0.25) is 9.69 Å². The van der Waals surface area contributed by atoms with E-state index in [1.165, 1.54) is 11.1 Å². The van der Waals surface area contributed by atoms with Crippen LogP contribution >= 0.6 is 0 Å². The molecule has 0 amide bonds. The topological polar surface area (TPSA) is 74.7 Å². The summed E-state index contributed by atoms with van der Waals surface area (Å²) in [4.78, 5) is 12.7. The van der Waals surface area contributed by atoms with E-state index in [1.807, 2.05) is 13.8 Å². The first-order valence-corrected chi connectivity index (χ1v) is 9.81. The Balaban J connectivity index is 2.69. The van der Waals surface area contributed by atoms with E-state index >= 15 is 0 Å². The fraction of sp³-hybridized carbons (Fsp3) is 0.588. The van der Waals surface area contributed by atoms with E-state index < -0.39 is 21.6 Å². The van der Waals surface area contributed by atoms with Crippen molar-refractivity contribution in [1.29, 1.82) is 0 Å². The molecule has 0 aromatic heterocycles. The van der Waals surface area contributed by atoms with Crippen LogP contribution in [-0.4, -0.2) is 55.0 Å². The quantitative estimate of drug-likeness (QED) is 0.706. The van der Waals surface area contributed by atoms with Crippen molar-refractivity contribution in [2.75, 3.05) is 24.6 Å². The number of carbonyl (C=O) groups is 1. The van der Waals surface area contributed by atoms with Crippen molar-refractivity contribution in [2.24, 2.45) is 0 Å². The number of hydrogen-bond acceptors (Lipinski definition) is 4. The predicted molar refractivity (Wildman–Crippen MR) is 92.5 cm³/mol. The maximum absolute atomic E-state index is 11.8. The zero-order valence-corrected chi connectivity index (χ0v) is 15.0. The highest BCUT2D eigenvalue weighted by Gasteiger charge is 2.21. The van der Waals surface area contributed by atoms with E-state index in [2.05, 4.69) is 36.1 Å². The first-order chi connectivity index (χ1) is 10.8. The Morgan fingerprint density at radius 1 is 1.22 bits per heavy atom. The molecule has 0 aliphatic heterocycles. The molecule has 1 aromatic rings. The smallest absolute Gasteiger partial charge is 0.318 e. The van der Waals surface area contributed by atoms with E-state index in [4.69, 9.17) is 5.11 Å². The number of rotatable bonds is 10. The zero-order chi connectivity index (χ0) is 17.5. The molecular weight excluding hydrogens is 314 g/mol. The fourth-order valence-electron chi connectivity index (χ4n) is 2.64. The minimum atomic E-state index is -3.55. The van der Waals surface area contributed by atoms with Gasteiger partial charge in [0.2, 0.25) is 0 Å². The number of hydrogen-bond donors (Lipinski definition) is 1. The van der Waals surface area contributed by atoms with Crippen molar-refractivity contribution >= 4 is 15.8 Å². The highest BCUT2D eigenvalue weighted by atomic mass is 32.2. The number of aliphatic carboxylic acids is 1. The van der Waals surface area contributed by atoms with Crippen LogP contribution in [0, 0.1) is 6.92 Å². The first kappa shape index (κ1) is 19.6. The maximum atomic E-state index is 11.8. The molecule has 1 aromatic carbocycles. The van der Waals surface area contributed by atoms with Gasteiger partial charge in [0.1, 0.15) is 5.75 Å². The van der Waals surface area contributed by atoms with Gasteiger partial charge in [-0.05, 0) is 31.9 Å². The molecule has 0 fully saturated rings. The van der Waals surface area contributed by atoms with Crippen molar-refractivity contribution in [3.8, 4) is 0 Å². The van der Waals surface area contributed by atoms with Gasteiger partial charge in [0.05, 0.1) is 5.75 Å². The number of carboxylic acid groups (broad SMARTS) is 1. The third-order valence-electron chi connectivity index (χ3n) is 4.02. The van der Waals surface area contributed by atoms with Crippen LogP contribution in [0.2, 0.25) is 0 Å². The molecule has 1 unspecified atom stereocenters. The van der Waals surface area contributed by atoms with Gasteiger partial charge < -0.3 is 5.11 Å². The van der Waals surface area contributed by atoms with Crippen LogP contribution in [0.1, 0.15) is 31.4 Å². The summed E-state index contributed by atoms with van der Waals surface area (Å²) in [5.41, 5.74) is 2.45. The van der Waals surface area contributed by atoms with Gasteiger partial charge in [0.25, 0.3) is 0 Å². The summed E-state index contributed by atoms with van der Waals surface area (Å²) in [7, 11) is -3.55. The number of likely N-dealkylation sites (N-methyl/N-ethyl adjacent to an activating group) is 1. The molecule has 1 N–H and O–H groups in total. The summed E-state index contributed by atoms with van der Waals surface area (Å²) in [6.45, 7) is 7.26. The standard InChI is InChI=1S/C17H27NO4S/c1-4-16(12-15-8-6-14(3)7-9-15)18(5-2)10-11-23(21,22)13-17(19)20/h6-9,16H,4-5,10-13H2,1-3H3,(H,19,20). The van der Waals surface area contributed by atoms with Gasteiger partial charge in [0.15, 0.2) is 9.84 Å². The van der Waals surface area contributed by atoms with Crippen LogP contribution in [0.3, 0.4) is 0 Å². The Morgan fingerprint density at radius 2 is 1.83 bits per heavy atom. The number of aryl methyl sites for hydroxylation is 1. The van der Waals surface area contributed by atoms with Gasteiger partial charge in [-0.15, -0.1) is 0 Å². The molecule has 130 valence electrons. The normalized spacial score (nSPS) is 13.2. The van der Waals surface area contributed by atoms with Crippen LogP contribution in [0.25, 0.3) is 0 Å². The Hall–Kier alpha value is -1.40. The van der Waals surface area contributed by atoms with Crippen molar-refractivity contribution in [3.63, 3.8) is 0 Å². The van der Waals surface area contributed by atoms with Crippen molar-refractivity contribution in [3.05, 3.63) is 35.4 Å². The average Bonchev–Trinajstić information content (AvgIpc) is 2.47. The van der Waals surface area contributed by atoms with E-state index in [9.17, 15) is 13.2 Å². The lowest BCUT2D eigenvalue weighted by Crippen LogP contribution is -2.40. The van der Waals surface area contributed by atoms with Crippen LogP contribution in [0.5, 0.6) is 0 Å². The van der Waals surface area contributed by atoms with Gasteiger partial charge in [0, 0.05) is 12.6 Å². The molecule has 0 saturated carbocycles. The van der Waals surface area contributed by atoms with Crippen molar-refractivity contribution in [2.45, 2.75) is 39.7 Å². The molecule has 1 rings (SSSR count). The van der Waals surface area contributed by atoms with Crippen LogP contribution in [0.4, 0.5) is 0 Å². The molecule has 5 nitrogen and oxygen atoms in total. The van der Waals surface area contributed by atoms with Crippen molar-refractivity contribution < 1.29 is 18.3 Å². The summed E-state index contributed by atoms with van der Waals surface area (Å²) >= 11 is 0. The molecule has 0 aliphatic rings. The zero-order valence-electron chi connectivity index (χ0n) is 14.2. The highest BCUT2D eigenvalue weighted by molar-refractivity contribution is 7.92. The number of sulfone groups is 1. The van der Waals surface area contributed by atoms with Crippen LogP contribution < -0.4 is 0 Å². The minimum absolute atomic E-state index is 0.114. The lowest BCUT2D eigenvalue weighted by Gasteiger charge is -2.30. The van der Waals surface area contributed by atoms with Crippen molar-refractivity contribution in [1.82, 2.24) is 4.90 Å². The lowest BCUT2D eigenvalue weighted by atomic mass is 10.0. The number of benzene rings is 1. The van der Waals surface area contributed by atoms with E-state index in [-0.39, 0.29) is 11.8 Å². The molecular formula is C17H27NO4S. The summed E-state index contributed by atoms with van der Waals surface area (Å²) in [5, 5.41) is 8.65. The molecule has 0 bridgehead atoms. The summed E-state index contributed by atoms with van der Waals surface area (Å²) < 4.78 is 23.5. The summed E-state index contributed by atoms with van der Waals surface area (Å²) in [6.07, 6.45) is 1.78. The van der Waals surface area contributed by atoms with E-state index in [1.54, 1.807) is 0 Å². The second-order valence-electron chi connectivity index (χ2n) is 5.87. The molecule has 0 saturated heterocycles. The van der Waals surface area contributed by atoms with Gasteiger partial charge >= 0.3 is 5.97 Å². The Kier molecular flexibility index (Phi) is 7.72. The number of nitrogens with zero attached hydrogens (tertiary/aromatic N) is 1. The summed E-state index contributed by atoms with van der Waals surface area (Å²) in [6, 6.07) is 8.62. The average molecular weight is 341 g/mol. The number of carboxylic acids is 1. The van der Waals surface area contributed by atoms with Gasteiger partial charge in [-0.25, -0.2) is 8.42 Å². The SMILES string of the molecule is CCC(Cc1ccc(C)cc1)N(CC)CCS(=O)(=O)CC(=O)O. The minimum Gasteiger partial charge on any atom is -0.480 e. The molecule has 0 spiro atoms. The maximum Gasteiger partial charge on any atom is 0.318 e. The molecule has 23 heavy (non-hydrogen) atoms. The third-order valence-corrected chi connectivity index (χ3v) is 5.51. The fourth-order valence-corrected chi connectivity index (χ4v) is 3.68. The molecule has 6 heteroatoms. The Labute approximate surface area is 139 Å². The highest BCUT2D eigenvalue weighted by Crippen LogP contribution is 2.13. The van der Waals surface area contributed by atoms with Crippen LogP contribution in [0.15, 0.2) is 24.3 Å². The van der Waals surface area contributed by atoms with E-state index in [0.717, 1.165) is 19.4 Å². The van der Waals surface area contributed by atoms with Crippen LogP contribution in [-0.2, 0) is 21.1 Å². The lowest BCUT2D eigenvalue weighted by molar-refractivity contribution is -0.134. The predicted octanol–water partition coefficient (Wildman–Crippen LogP) is 2.14. The molecule has 0 aliphatic carbocycles. The molecule has 0 radical (unpaired) electrons. The summed E-state index contributed by atoms with van der Waals surface area (Å²) in [5.74, 6) is -2.20.